The summed E-state index contributed by atoms with van der Waals surface area (Å²) in [5.41, 5.74) is 1.28. The van der Waals surface area contributed by atoms with Crippen LogP contribution in [-0.2, 0) is 11.2 Å². The van der Waals surface area contributed by atoms with Crippen molar-refractivity contribution in [2.45, 2.75) is 13.3 Å². The van der Waals surface area contributed by atoms with Crippen LogP contribution in [0, 0.1) is 0 Å². The molecule has 2 aromatic rings. The average Bonchev–Trinajstić information content (AvgIpc) is 2.59. The fourth-order valence-electron chi connectivity index (χ4n) is 2.35. The molecular weight excluding hydrogens is 427 g/mol. The van der Waals surface area contributed by atoms with Crippen LogP contribution in [0.15, 0.2) is 47.5 Å². The molecule has 0 bridgehead atoms. The Morgan fingerprint density at radius 3 is 2.48 bits per heavy atom. The highest BCUT2D eigenvalue weighted by Gasteiger charge is 2.04. The molecule has 0 aliphatic rings. The van der Waals surface area contributed by atoms with Gasteiger partial charge in [0.2, 0.25) is 5.91 Å². The van der Waals surface area contributed by atoms with Gasteiger partial charge in [0.05, 0.1) is 0 Å². The van der Waals surface area contributed by atoms with E-state index in [-0.39, 0.29) is 36.4 Å². The van der Waals surface area contributed by atoms with Gasteiger partial charge in [-0.1, -0.05) is 42.5 Å². The SMILES string of the molecule is CCNC(=NCC(=O)N(C)C)NCCc1ccc2ccccc2c1.I. The van der Waals surface area contributed by atoms with Gasteiger partial charge in [0.1, 0.15) is 6.54 Å². The number of carbonyl (C=O) groups excluding carboxylic acids is 1. The Labute approximate surface area is 166 Å². The molecule has 1 amide bonds. The van der Waals surface area contributed by atoms with Gasteiger partial charge in [-0.2, -0.15) is 0 Å². The third-order valence-corrected chi connectivity index (χ3v) is 3.74. The van der Waals surface area contributed by atoms with Crippen LogP contribution < -0.4 is 10.6 Å². The monoisotopic (exact) mass is 454 g/mol. The number of hydrogen-bond acceptors (Lipinski definition) is 2. The summed E-state index contributed by atoms with van der Waals surface area (Å²) in [6.45, 7) is 3.69. The summed E-state index contributed by atoms with van der Waals surface area (Å²) in [5.74, 6) is 0.662. The zero-order chi connectivity index (χ0) is 17.4. The zero-order valence-electron chi connectivity index (χ0n) is 15.1. The van der Waals surface area contributed by atoms with Crippen molar-refractivity contribution < 1.29 is 4.79 Å². The molecule has 0 aliphatic heterocycles. The number of fused-ring (bicyclic) bond motifs is 1. The Balaban J connectivity index is 0.00000312. The Bertz CT molecular complexity index is 715. The normalized spacial score (nSPS) is 10.9. The van der Waals surface area contributed by atoms with E-state index in [1.807, 2.05) is 6.92 Å². The van der Waals surface area contributed by atoms with E-state index in [0.717, 1.165) is 19.5 Å². The minimum atomic E-state index is -0.0123. The first kappa shape index (κ1) is 21.2. The van der Waals surface area contributed by atoms with E-state index in [4.69, 9.17) is 0 Å². The summed E-state index contributed by atoms with van der Waals surface area (Å²) in [7, 11) is 3.47. The standard InChI is InChI=1S/C19H26N4O.HI/c1-4-20-19(22-14-18(24)23(2)3)21-12-11-15-9-10-16-7-5-6-8-17(16)13-15;/h5-10,13H,4,11-12,14H2,1-3H3,(H2,20,21,22);1H. The highest BCUT2D eigenvalue weighted by molar-refractivity contribution is 14.0. The van der Waals surface area contributed by atoms with Crippen molar-refractivity contribution in [2.75, 3.05) is 33.7 Å². The first-order chi connectivity index (χ1) is 11.6. The fraction of sp³-hybridized carbons (Fsp3) is 0.368. The number of aliphatic imine (C=N–C) groups is 1. The summed E-state index contributed by atoms with van der Waals surface area (Å²) in [6.07, 6.45) is 0.900. The minimum Gasteiger partial charge on any atom is -0.357 e. The first-order valence-electron chi connectivity index (χ1n) is 8.30. The molecule has 0 saturated carbocycles. The second-order valence-corrected chi connectivity index (χ2v) is 5.84. The minimum absolute atomic E-state index is 0. The van der Waals surface area contributed by atoms with Crippen molar-refractivity contribution in [2.24, 2.45) is 4.99 Å². The van der Waals surface area contributed by atoms with Crippen molar-refractivity contribution in [3.05, 3.63) is 48.0 Å². The van der Waals surface area contributed by atoms with E-state index in [2.05, 4.69) is 58.1 Å². The molecule has 0 atom stereocenters. The van der Waals surface area contributed by atoms with Crippen LogP contribution >= 0.6 is 24.0 Å². The molecule has 2 aromatic carbocycles. The molecule has 0 heterocycles. The maximum absolute atomic E-state index is 11.6. The third kappa shape index (κ3) is 6.89. The second kappa shape index (κ2) is 10.9. The lowest BCUT2D eigenvalue weighted by molar-refractivity contribution is -0.127. The van der Waals surface area contributed by atoms with E-state index >= 15 is 0 Å². The molecule has 0 spiro atoms. The molecule has 6 heteroatoms. The molecule has 2 rings (SSSR count). The molecule has 0 radical (unpaired) electrons. The van der Waals surface area contributed by atoms with Crippen molar-refractivity contribution >= 4 is 46.6 Å². The maximum Gasteiger partial charge on any atom is 0.243 e. The molecule has 0 fully saturated rings. The van der Waals surface area contributed by atoms with Crippen molar-refractivity contribution in [3.8, 4) is 0 Å². The van der Waals surface area contributed by atoms with Crippen LogP contribution in [-0.4, -0.2) is 50.5 Å². The number of halogens is 1. The van der Waals surface area contributed by atoms with Crippen LogP contribution in [0.1, 0.15) is 12.5 Å². The number of likely N-dealkylation sites (N-methyl/N-ethyl adjacent to an activating group) is 1. The van der Waals surface area contributed by atoms with Crippen LogP contribution in [0.25, 0.3) is 10.8 Å². The number of amides is 1. The van der Waals surface area contributed by atoms with E-state index < -0.39 is 0 Å². The van der Waals surface area contributed by atoms with E-state index in [1.54, 1.807) is 19.0 Å². The van der Waals surface area contributed by atoms with Crippen molar-refractivity contribution in [3.63, 3.8) is 0 Å². The Morgan fingerprint density at radius 1 is 1.08 bits per heavy atom. The smallest absolute Gasteiger partial charge is 0.243 e. The van der Waals surface area contributed by atoms with Crippen LogP contribution in [0.5, 0.6) is 0 Å². The predicted octanol–water partition coefficient (Wildman–Crippen LogP) is 2.64. The van der Waals surface area contributed by atoms with Gasteiger partial charge < -0.3 is 15.5 Å². The molecular formula is C19H27IN4O. The molecule has 136 valence electrons. The number of nitrogens with one attached hydrogen (secondary N) is 2. The van der Waals surface area contributed by atoms with Gasteiger partial charge in [-0.15, -0.1) is 24.0 Å². The Morgan fingerprint density at radius 2 is 1.80 bits per heavy atom. The van der Waals surface area contributed by atoms with Crippen molar-refractivity contribution in [1.82, 2.24) is 15.5 Å². The van der Waals surface area contributed by atoms with Crippen LogP contribution in [0.2, 0.25) is 0 Å². The molecule has 0 aromatic heterocycles. The lowest BCUT2D eigenvalue weighted by atomic mass is 10.1. The molecule has 0 unspecified atom stereocenters. The molecule has 5 nitrogen and oxygen atoms in total. The third-order valence-electron chi connectivity index (χ3n) is 3.74. The topological polar surface area (TPSA) is 56.7 Å². The van der Waals surface area contributed by atoms with E-state index in [9.17, 15) is 4.79 Å². The number of guanidine groups is 1. The number of nitrogens with zero attached hydrogens (tertiary/aromatic N) is 2. The van der Waals surface area contributed by atoms with Gasteiger partial charge in [-0.25, -0.2) is 4.99 Å². The summed E-state index contributed by atoms with van der Waals surface area (Å²) >= 11 is 0. The fourth-order valence-corrected chi connectivity index (χ4v) is 2.35. The second-order valence-electron chi connectivity index (χ2n) is 5.84. The molecule has 0 aliphatic carbocycles. The average molecular weight is 454 g/mol. The van der Waals surface area contributed by atoms with E-state index in [0.29, 0.717) is 5.96 Å². The van der Waals surface area contributed by atoms with Gasteiger partial charge >= 0.3 is 0 Å². The summed E-state index contributed by atoms with van der Waals surface area (Å²) < 4.78 is 0. The number of hydrogen-bond donors (Lipinski definition) is 2. The summed E-state index contributed by atoms with van der Waals surface area (Å²) in [4.78, 5) is 17.5. The van der Waals surface area contributed by atoms with Gasteiger partial charge in [-0.3, -0.25) is 4.79 Å². The van der Waals surface area contributed by atoms with E-state index in [1.165, 1.54) is 16.3 Å². The number of rotatable bonds is 6. The number of carbonyl (C=O) groups is 1. The lowest BCUT2D eigenvalue weighted by Gasteiger charge is -2.13. The van der Waals surface area contributed by atoms with Crippen LogP contribution in [0.4, 0.5) is 0 Å². The summed E-state index contributed by atoms with van der Waals surface area (Å²) in [6, 6.07) is 14.9. The van der Waals surface area contributed by atoms with Gasteiger partial charge in [-0.05, 0) is 29.7 Å². The predicted molar refractivity (Wildman–Crippen MR) is 116 cm³/mol. The highest BCUT2D eigenvalue weighted by atomic mass is 127. The lowest BCUT2D eigenvalue weighted by Crippen LogP contribution is -2.39. The molecule has 2 N–H and O–H groups in total. The Kier molecular flexibility index (Phi) is 9.26. The van der Waals surface area contributed by atoms with Crippen LogP contribution in [0.3, 0.4) is 0 Å². The largest absolute Gasteiger partial charge is 0.357 e. The zero-order valence-corrected chi connectivity index (χ0v) is 17.4. The van der Waals surface area contributed by atoms with Crippen molar-refractivity contribution in [1.29, 1.82) is 0 Å². The van der Waals surface area contributed by atoms with Gasteiger partial charge in [0.15, 0.2) is 5.96 Å². The van der Waals surface area contributed by atoms with Gasteiger partial charge in [0.25, 0.3) is 0 Å². The highest BCUT2D eigenvalue weighted by Crippen LogP contribution is 2.15. The summed E-state index contributed by atoms with van der Waals surface area (Å²) in [5, 5.41) is 8.95. The quantitative estimate of drug-likeness (QED) is 0.401. The number of benzene rings is 2. The maximum atomic E-state index is 11.6. The van der Waals surface area contributed by atoms with Gasteiger partial charge in [0, 0.05) is 27.2 Å². The molecule has 0 saturated heterocycles. The molecule has 25 heavy (non-hydrogen) atoms. The first-order valence-corrected chi connectivity index (χ1v) is 8.30. The Hall–Kier alpha value is -1.83.